The quantitative estimate of drug-likeness (QED) is 0.671. The first-order valence-corrected chi connectivity index (χ1v) is 8.66. The normalized spacial score (nSPS) is 28.6. The van der Waals surface area contributed by atoms with Crippen LogP contribution in [0.1, 0.15) is 17.5 Å². The lowest BCUT2D eigenvalue weighted by molar-refractivity contribution is -0.229. The molecule has 1 saturated heterocycles. The summed E-state index contributed by atoms with van der Waals surface area (Å²) in [5.74, 6) is 0.678. The van der Waals surface area contributed by atoms with Crippen LogP contribution in [0.5, 0.6) is 5.75 Å². The molecule has 2 aliphatic heterocycles. The SMILES string of the molecule is Cc1cccc2c(OC3CC(O)C(O)C(CO)O3)cc3c(c12)CCN3. The third kappa shape index (κ3) is 2.85. The molecule has 0 spiro atoms. The summed E-state index contributed by atoms with van der Waals surface area (Å²) in [6.45, 7) is 2.62. The van der Waals surface area contributed by atoms with Gasteiger partial charge in [-0.05, 0) is 29.9 Å². The highest BCUT2D eigenvalue weighted by Gasteiger charge is 2.37. The molecule has 0 radical (unpaired) electrons. The number of aliphatic hydroxyl groups excluding tert-OH is 3. The third-order valence-corrected chi connectivity index (χ3v) is 5.11. The molecule has 0 aliphatic carbocycles. The molecule has 0 aromatic heterocycles. The molecule has 1 fully saturated rings. The van der Waals surface area contributed by atoms with E-state index in [1.165, 1.54) is 16.5 Å². The van der Waals surface area contributed by atoms with Gasteiger partial charge in [0.1, 0.15) is 18.0 Å². The Hall–Kier alpha value is -1.86. The summed E-state index contributed by atoms with van der Waals surface area (Å²) >= 11 is 0. The minimum Gasteiger partial charge on any atom is -0.464 e. The van der Waals surface area contributed by atoms with Crippen molar-refractivity contribution < 1.29 is 24.8 Å². The lowest BCUT2D eigenvalue weighted by Gasteiger charge is -2.36. The van der Waals surface area contributed by atoms with Crippen LogP contribution in [0.15, 0.2) is 24.3 Å². The molecule has 134 valence electrons. The maximum absolute atomic E-state index is 10.0. The zero-order valence-electron chi connectivity index (χ0n) is 14.1. The largest absolute Gasteiger partial charge is 0.464 e. The van der Waals surface area contributed by atoms with Gasteiger partial charge in [-0.15, -0.1) is 0 Å². The van der Waals surface area contributed by atoms with Gasteiger partial charge in [0.05, 0.1) is 12.7 Å². The smallest absolute Gasteiger partial charge is 0.202 e. The predicted molar refractivity (Wildman–Crippen MR) is 93.9 cm³/mol. The van der Waals surface area contributed by atoms with Crippen LogP contribution in [0, 0.1) is 6.92 Å². The van der Waals surface area contributed by atoms with Gasteiger partial charge < -0.3 is 30.1 Å². The van der Waals surface area contributed by atoms with Crippen molar-refractivity contribution in [3.63, 3.8) is 0 Å². The van der Waals surface area contributed by atoms with E-state index in [-0.39, 0.29) is 13.0 Å². The van der Waals surface area contributed by atoms with Crippen LogP contribution in [0.25, 0.3) is 10.8 Å². The zero-order chi connectivity index (χ0) is 17.6. The first-order valence-electron chi connectivity index (χ1n) is 8.66. The van der Waals surface area contributed by atoms with E-state index in [2.05, 4.69) is 18.3 Å². The van der Waals surface area contributed by atoms with Crippen LogP contribution in [-0.4, -0.2) is 53.1 Å². The molecule has 0 saturated carbocycles. The van der Waals surface area contributed by atoms with E-state index < -0.39 is 24.6 Å². The van der Waals surface area contributed by atoms with Gasteiger partial charge in [-0.2, -0.15) is 0 Å². The molecular weight excluding hydrogens is 322 g/mol. The van der Waals surface area contributed by atoms with Crippen LogP contribution in [0.3, 0.4) is 0 Å². The summed E-state index contributed by atoms with van der Waals surface area (Å²) in [6.07, 6.45) is -2.54. The summed E-state index contributed by atoms with van der Waals surface area (Å²) in [6, 6.07) is 8.08. The Morgan fingerprint density at radius 1 is 1.32 bits per heavy atom. The first-order chi connectivity index (χ1) is 12.1. The standard InChI is InChI=1S/C19H23NO5/c1-10-3-2-4-12-15(7-13-11(18(10)12)5-6-20-13)24-17-8-14(22)19(23)16(9-21)25-17/h2-4,7,14,16-17,19-23H,5-6,8-9H2,1H3. The molecule has 4 N–H and O–H groups in total. The number of fused-ring (bicyclic) bond motifs is 3. The predicted octanol–water partition coefficient (Wildman–Crippen LogP) is 1.32. The van der Waals surface area contributed by atoms with Crippen molar-refractivity contribution in [3.05, 3.63) is 35.4 Å². The molecule has 4 rings (SSSR count). The van der Waals surface area contributed by atoms with Crippen molar-refractivity contribution in [1.82, 2.24) is 0 Å². The number of hydrogen-bond acceptors (Lipinski definition) is 6. The number of ether oxygens (including phenoxy) is 2. The topological polar surface area (TPSA) is 91.2 Å². The van der Waals surface area contributed by atoms with Crippen LogP contribution in [0.4, 0.5) is 5.69 Å². The summed E-state index contributed by atoms with van der Waals surface area (Å²) in [7, 11) is 0. The van der Waals surface area contributed by atoms with Gasteiger partial charge in [0, 0.05) is 30.1 Å². The van der Waals surface area contributed by atoms with Gasteiger partial charge in [0.15, 0.2) is 0 Å². The second kappa shape index (κ2) is 6.46. The van der Waals surface area contributed by atoms with Gasteiger partial charge >= 0.3 is 0 Å². The molecule has 2 aromatic rings. The molecule has 6 nitrogen and oxygen atoms in total. The number of benzene rings is 2. The third-order valence-electron chi connectivity index (χ3n) is 5.11. The monoisotopic (exact) mass is 345 g/mol. The molecule has 25 heavy (non-hydrogen) atoms. The van der Waals surface area contributed by atoms with Gasteiger partial charge in [-0.1, -0.05) is 18.2 Å². The second-order valence-electron chi connectivity index (χ2n) is 6.77. The number of rotatable bonds is 3. The van der Waals surface area contributed by atoms with Crippen LogP contribution >= 0.6 is 0 Å². The van der Waals surface area contributed by atoms with E-state index in [4.69, 9.17) is 9.47 Å². The van der Waals surface area contributed by atoms with Crippen molar-refractivity contribution in [1.29, 1.82) is 0 Å². The number of nitrogens with one attached hydrogen (secondary N) is 1. The minimum atomic E-state index is -1.11. The molecule has 2 aliphatic rings. The average Bonchev–Trinajstić information content (AvgIpc) is 3.06. The van der Waals surface area contributed by atoms with Crippen molar-refractivity contribution in [2.75, 3.05) is 18.5 Å². The Labute approximate surface area is 146 Å². The number of anilines is 1. The lowest BCUT2D eigenvalue weighted by atomic mass is 9.97. The number of aliphatic hydroxyl groups is 3. The first kappa shape index (κ1) is 16.6. The van der Waals surface area contributed by atoms with Crippen molar-refractivity contribution in [2.45, 2.75) is 44.4 Å². The number of aryl methyl sites for hydroxylation is 1. The minimum absolute atomic E-state index is 0.148. The summed E-state index contributed by atoms with van der Waals surface area (Å²) in [5.41, 5.74) is 3.55. The average molecular weight is 345 g/mol. The molecule has 2 aromatic carbocycles. The molecule has 0 bridgehead atoms. The van der Waals surface area contributed by atoms with Crippen molar-refractivity contribution >= 4 is 16.5 Å². The van der Waals surface area contributed by atoms with E-state index in [9.17, 15) is 15.3 Å². The fourth-order valence-electron chi connectivity index (χ4n) is 3.83. The van der Waals surface area contributed by atoms with Gasteiger partial charge in [0.2, 0.25) is 6.29 Å². The maximum atomic E-state index is 10.0. The highest BCUT2D eigenvalue weighted by Crippen LogP contribution is 2.40. The maximum Gasteiger partial charge on any atom is 0.202 e. The molecular formula is C19H23NO5. The van der Waals surface area contributed by atoms with E-state index in [1.807, 2.05) is 18.2 Å². The lowest BCUT2D eigenvalue weighted by Crippen LogP contribution is -2.51. The molecule has 6 heteroatoms. The van der Waals surface area contributed by atoms with Crippen LogP contribution < -0.4 is 10.1 Å². The summed E-state index contributed by atoms with van der Waals surface area (Å²) in [5, 5.41) is 34.8. The van der Waals surface area contributed by atoms with Crippen LogP contribution in [-0.2, 0) is 11.2 Å². The van der Waals surface area contributed by atoms with E-state index in [0.29, 0.717) is 5.75 Å². The molecule has 2 heterocycles. The Morgan fingerprint density at radius 3 is 2.96 bits per heavy atom. The Bertz CT molecular complexity index is 793. The fourth-order valence-corrected chi connectivity index (χ4v) is 3.83. The van der Waals surface area contributed by atoms with E-state index in [1.54, 1.807) is 0 Å². The van der Waals surface area contributed by atoms with E-state index in [0.717, 1.165) is 24.0 Å². The van der Waals surface area contributed by atoms with Crippen LogP contribution in [0.2, 0.25) is 0 Å². The highest BCUT2D eigenvalue weighted by atomic mass is 16.7. The van der Waals surface area contributed by atoms with Crippen molar-refractivity contribution in [2.24, 2.45) is 0 Å². The van der Waals surface area contributed by atoms with Gasteiger partial charge in [-0.3, -0.25) is 0 Å². The Kier molecular flexibility index (Phi) is 4.29. The molecule has 0 amide bonds. The van der Waals surface area contributed by atoms with Crippen molar-refractivity contribution in [3.8, 4) is 5.75 Å². The molecule has 4 atom stereocenters. The summed E-state index contributed by atoms with van der Waals surface area (Å²) < 4.78 is 11.7. The summed E-state index contributed by atoms with van der Waals surface area (Å²) in [4.78, 5) is 0. The second-order valence-corrected chi connectivity index (χ2v) is 6.77. The molecule has 4 unspecified atom stereocenters. The van der Waals surface area contributed by atoms with Gasteiger partial charge in [0.25, 0.3) is 0 Å². The fraction of sp³-hybridized carbons (Fsp3) is 0.474. The van der Waals surface area contributed by atoms with Gasteiger partial charge in [-0.25, -0.2) is 0 Å². The Balaban J connectivity index is 1.71. The Morgan fingerprint density at radius 2 is 2.16 bits per heavy atom. The van der Waals surface area contributed by atoms with E-state index >= 15 is 0 Å². The zero-order valence-corrected chi connectivity index (χ0v) is 14.1. The highest BCUT2D eigenvalue weighted by molar-refractivity contribution is 5.98. The number of hydrogen-bond donors (Lipinski definition) is 4.